The number of nitrogens with zero attached hydrogens (tertiary/aromatic N) is 1. The normalized spacial score (nSPS) is 12.9. The van der Waals surface area contributed by atoms with Crippen LogP contribution in [0.4, 0.5) is 0 Å². The Morgan fingerprint density at radius 3 is 2.94 bits per heavy atom. The fraction of sp³-hybridized carbons (Fsp3) is 0.333. The largest absolute Gasteiger partial charge is 0.491 e. The zero-order chi connectivity index (χ0) is 13.1. The van der Waals surface area contributed by atoms with Crippen molar-refractivity contribution in [3.05, 3.63) is 34.9 Å². The minimum atomic E-state index is -0.0833. The molecule has 0 atom stereocenters. The summed E-state index contributed by atoms with van der Waals surface area (Å²) in [6, 6.07) is 7.73. The maximum Gasteiger partial charge on any atom is 0.173 e. The van der Waals surface area contributed by atoms with Crippen LogP contribution in [0.15, 0.2) is 23.8 Å². The number of allylic oxidation sites excluding steroid dienone is 1. The summed E-state index contributed by atoms with van der Waals surface area (Å²) < 4.78 is 5.62. The van der Waals surface area contributed by atoms with E-state index in [1.807, 2.05) is 44.2 Å². The van der Waals surface area contributed by atoms with Crippen molar-refractivity contribution >= 4 is 11.9 Å². The molecule has 18 heavy (non-hydrogen) atoms. The summed E-state index contributed by atoms with van der Waals surface area (Å²) in [5.41, 5.74) is 2.86. The third-order valence-electron chi connectivity index (χ3n) is 2.79. The molecule has 0 fully saturated rings. The minimum absolute atomic E-state index is 0.0465. The van der Waals surface area contributed by atoms with Crippen molar-refractivity contribution < 1.29 is 9.53 Å². The molecular formula is C15H15NO2. The molecule has 92 valence electrons. The minimum Gasteiger partial charge on any atom is -0.491 e. The first-order valence-electron chi connectivity index (χ1n) is 6.00. The molecule has 1 aliphatic carbocycles. The van der Waals surface area contributed by atoms with E-state index >= 15 is 0 Å². The van der Waals surface area contributed by atoms with Gasteiger partial charge in [0.15, 0.2) is 5.78 Å². The van der Waals surface area contributed by atoms with Crippen molar-refractivity contribution in [2.24, 2.45) is 0 Å². The van der Waals surface area contributed by atoms with E-state index in [2.05, 4.69) is 0 Å². The molecule has 0 saturated carbocycles. The van der Waals surface area contributed by atoms with E-state index in [1.165, 1.54) is 0 Å². The molecular weight excluding hydrogens is 226 g/mol. The average molecular weight is 241 g/mol. The van der Waals surface area contributed by atoms with Gasteiger partial charge in [0, 0.05) is 12.0 Å². The van der Waals surface area contributed by atoms with Gasteiger partial charge in [-0.25, -0.2) is 0 Å². The van der Waals surface area contributed by atoms with Gasteiger partial charge >= 0.3 is 0 Å². The summed E-state index contributed by atoms with van der Waals surface area (Å²) in [4.78, 5) is 11.7. The lowest BCUT2D eigenvalue weighted by molar-refractivity contribution is -0.114. The van der Waals surface area contributed by atoms with Crippen LogP contribution in [-0.4, -0.2) is 11.9 Å². The van der Waals surface area contributed by atoms with E-state index in [1.54, 1.807) is 0 Å². The van der Waals surface area contributed by atoms with Crippen molar-refractivity contribution in [3.63, 3.8) is 0 Å². The molecule has 0 saturated heterocycles. The fourth-order valence-corrected chi connectivity index (χ4v) is 2.03. The van der Waals surface area contributed by atoms with Crippen LogP contribution >= 0.6 is 0 Å². The Hall–Kier alpha value is -2.08. The standard InChI is InChI=1S/C15H15NO2/c1-10(2)18-14-4-3-11-7-13(8-12(11)9-14)15(17)5-6-16/h3-4,7,9-10H,5,8H2,1-2H3. The number of carbonyl (C=O) groups excluding carboxylic acids is 1. The predicted octanol–water partition coefficient (Wildman–Crippen LogP) is 2.90. The summed E-state index contributed by atoms with van der Waals surface area (Å²) >= 11 is 0. The highest BCUT2D eigenvalue weighted by atomic mass is 16.5. The molecule has 0 heterocycles. The Morgan fingerprint density at radius 2 is 2.28 bits per heavy atom. The Bertz CT molecular complexity index is 550. The molecule has 3 heteroatoms. The molecule has 0 unspecified atom stereocenters. The predicted molar refractivity (Wildman–Crippen MR) is 69.1 cm³/mol. The molecule has 0 aliphatic heterocycles. The number of hydrogen-bond donors (Lipinski definition) is 0. The first-order chi connectivity index (χ1) is 8.60. The maximum atomic E-state index is 11.7. The van der Waals surface area contributed by atoms with Gasteiger partial charge in [-0.1, -0.05) is 6.07 Å². The van der Waals surface area contributed by atoms with Crippen molar-refractivity contribution in [1.29, 1.82) is 5.26 Å². The van der Waals surface area contributed by atoms with Crippen LogP contribution in [0, 0.1) is 11.3 Å². The van der Waals surface area contributed by atoms with Gasteiger partial charge in [-0.3, -0.25) is 4.79 Å². The molecule has 1 aliphatic rings. The fourth-order valence-electron chi connectivity index (χ4n) is 2.03. The van der Waals surface area contributed by atoms with Crippen molar-refractivity contribution in [2.45, 2.75) is 32.8 Å². The maximum absolute atomic E-state index is 11.7. The number of carbonyl (C=O) groups is 1. The SMILES string of the molecule is CC(C)Oc1ccc2c(c1)CC(C(=O)CC#N)=C2. The van der Waals surface area contributed by atoms with Gasteiger partial charge in [-0.15, -0.1) is 0 Å². The number of ketones is 1. The molecule has 0 spiro atoms. The van der Waals surface area contributed by atoms with E-state index < -0.39 is 0 Å². The Kier molecular flexibility index (Phi) is 3.47. The van der Waals surface area contributed by atoms with Gasteiger partial charge in [0.1, 0.15) is 5.75 Å². The Labute approximate surface area is 107 Å². The van der Waals surface area contributed by atoms with Crippen LogP contribution in [0.25, 0.3) is 6.08 Å². The Morgan fingerprint density at radius 1 is 1.50 bits per heavy atom. The molecule has 0 radical (unpaired) electrons. The monoisotopic (exact) mass is 241 g/mol. The van der Waals surface area contributed by atoms with Gasteiger partial charge in [0.25, 0.3) is 0 Å². The highest BCUT2D eigenvalue weighted by Crippen LogP contribution is 2.29. The van der Waals surface area contributed by atoms with Crippen LogP contribution in [0.5, 0.6) is 5.75 Å². The van der Waals surface area contributed by atoms with Crippen molar-refractivity contribution in [2.75, 3.05) is 0 Å². The first-order valence-corrected chi connectivity index (χ1v) is 6.00. The van der Waals surface area contributed by atoms with Gasteiger partial charge < -0.3 is 4.74 Å². The van der Waals surface area contributed by atoms with Crippen LogP contribution in [0.2, 0.25) is 0 Å². The van der Waals surface area contributed by atoms with Gasteiger partial charge in [0.2, 0.25) is 0 Å². The lowest BCUT2D eigenvalue weighted by atomic mass is 10.1. The van der Waals surface area contributed by atoms with E-state index in [9.17, 15) is 4.79 Å². The number of hydrogen-bond acceptors (Lipinski definition) is 3. The van der Waals surface area contributed by atoms with Crippen molar-refractivity contribution in [1.82, 2.24) is 0 Å². The van der Waals surface area contributed by atoms with E-state index in [0.717, 1.165) is 16.9 Å². The number of rotatable bonds is 4. The third kappa shape index (κ3) is 2.60. The lowest BCUT2D eigenvalue weighted by Gasteiger charge is -2.10. The van der Waals surface area contributed by atoms with Gasteiger partial charge in [0.05, 0.1) is 18.6 Å². The van der Waals surface area contributed by atoms with Crippen LogP contribution in [-0.2, 0) is 11.2 Å². The van der Waals surface area contributed by atoms with Crippen LogP contribution in [0.3, 0.4) is 0 Å². The molecule has 0 aromatic heterocycles. The van der Waals surface area contributed by atoms with Gasteiger partial charge in [-0.05, 0) is 43.2 Å². The first kappa shape index (κ1) is 12.4. The van der Waals surface area contributed by atoms with Gasteiger partial charge in [-0.2, -0.15) is 5.26 Å². The molecule has 2 rings (SSSR count). The topological polar surface area (TPSA) is 50.1 Å². The number of benzene rings is 1. The molecule has 1 aromatic rings. The molecule has 1 aromatic carbocycles. The average Bonchev–Trinajstić information content (AvgIpc) is 2.71. The molecule has 0 amide bonds. The lowest BCUT2D eigenvalue weighted by Crippen LogP contribution is -2.06. The summed E-state index contributed by atoms with van der Waals surface area (Å²) in [7, 11) is 0. The zero-order valence-electron chi connectivity index (χ0n) is 10.6. The molecule has 0 bridgehead atoms. The molecule has 3 nitrogen and oxygen atoms in total. The summed E-state index contributed by atoms with van der Waals surface area (Å²) in [5, 5.41) is 8.54. The zero-order valence-corrected chi connectivity index (χ0v) is 10.6. The van der Waals surface area contributed by atoms with E-state index in [0.29, 0.717) is 12.0 Å². The summed E-state index contributed by atoms with van der Waals surface area (Å²) in [5.74, 6) is 0.742. The Balaban J connectivity index is 2.16. The van der Waals surface area contributed by atoms with Crippen LogP contribution < -0.4 is 4.74 Å². The van der Waals surface area contributed by atoms with E-state index in [-0.39, 0.29) is 18.3 Å². The number of Topliss-reactive ketones (excluding diaryl/α,β-unsaturated/α-hetero) is 1. The summed E-state index contributed by atoms with van der Waals surface area (Å²) in [6.07, 6.45) is 2.56. The second kappa shape index (κ2) is 5.05. The summed E-state index contributed by atoms with van der Waals surface area (Å²) in [6.45, 7) is 3.96. The second-order valence-electron chi connectivity index (χ2n) is 4.63. The van der Waals surface area contributed by atoms with Crippen LogP contribution in [0.1, 0.15) is 31.4 Å². The third-order valence-corrected chi connectivity index (χ3v) is 2.79. The second-order valence-corrected chi connectivity index (χ2v) is 4.63. The quantitative estimate of drug-likeness (QED) is 0.814. The molecule has 0 N–H and O–H groups in total. The smallest absolute Gasteiger partial charge is 0.173 e. The number of nitriles is 1. The van der Waals surface area contributed by atoms with Crippen molar-refractivity contribution in [3.8, 4) is 11.8 Å². The van der Waals surface area contributed by atoms with E-state index in [4.69, 9.17) is 10.00 Å². The highest BCUT2D eigenvalue weighted by Gasteiger charge is 2.18. The highest BCUT2D eigenvalue weighted by molar-refractivity contribution is 6.02. The number of fused-ring (bicyclic) bond motifs is 1. The number of ether oxygens (including phenoxy) is 1.